The average Bonchev–Trinajstić information content (AvgIpc) is 2.51. The van der Waals surface area contributed by atoms with E-state index in [1.807, 2.05) is 35.8 Å². The fraction of sp³-hybridized carbons (Fsp3) is 0.667. The number of aromatic nitrogens is 2. The summed E-state index contributed by atoms with van der Waals surface area (Å²) in [5.74, 6) is 1.99. The standard InChI is InChI=1S/C9H17N3S/c1-3-8(10)6-13-7-9-4-5-12(2)11-9/h4-5,8H,3,6-7,10H2,1-2H3. The van der Waals surface area contributed by atoms with Gasteiger partial charge in [-0.05, 0) is 12.5 Å². The van der Waals surface area contributed by atoms with Gasteiger partial charge in [-0.2, -0.15) is 16.9 Å². The molecule has 3 nitrogen and oxygen atoms in total. The molecule has 1 unspecified atom stereocenters. The molecule has 0 aliphatic heterocycles. The van der Waals surface area contributed by atoms with Crippen LogP contribution in [0.3, 0.4) is 0 Å². The molecule has 2 N–H and O–H groups in total. The fourth-order valence-corrected chi connectivity index (χ4v) is 1.99. The van der Waals surface area contributed by atoms with E-state index in [1.54, 1.807) is 0 Å². The summed E-state index contributed by atoms with van der Waals surface area (Å²) in [5.41, 5.74) is 6.93. The summed E-state index contributed by atoms with van der Waals surface area (Å²) < 4.78 is 1.83. The highest BCUT2D eigenvalue weighted by molar-refractivity contribution is 7.98. The number of thioether (sulfide) groups is 1. The third-order valence-electron chi connectivity index (χ3n) is 1.88. The van der Waals surface area contributed by atoms with E-state index in [9.17, 15) is 0 Å². The molecular formula is C9H17N3S. The van der Waals surface area contributed by atoms with E-state index >= 15 is 0 Å². The highest BCUT2D eigenvalue weighted by atomic mass is 32.2. The van der Waals surface area contributed by atoms with Crippen molar-refractivity contribution in [2.45, 2.75) is 25.1 Å². The maximum Gasteiger partial charge on any atom is 0.0723 e. The number of nitrogens with zero attached hydrogens (tertiary/aromatic N) is 2. The molecule has 4 heteroatoms. The number of aryl methyl sites for hydroxylation is 1. The van der Waals surface area contributed by atoms with Crippen molar-refractivity contribution in [2.24, 2.45) is 12.8 Å². The number of hydrogen-bond donors (Lipinski definition) is 1. The van der Waals surface area contributed by atoms with Crippen LogP contribution in [0.25, 0.3) is 0 Å². The summed E-state index contributed by atoms with van der Waals surface area (Å²) in [6.45, 7) is 2.12. The average molecular weight is 199 g/mol. The topological polar surface area (TPSA) is 43.8 Å². The molecule has 0 saturated heterocycles. The third-order valence-corrected chi connectivity index (χ3v) is 3.04. The summed E-state index contributed by atoms with van der Waals surface area (Å²) in [6.07, 6.45) is 3.02. The van der Waals surface area contributed by atoms with Crippen molar-refractivity contribution in [2.75, 3.05) is 5.75 Å². The molecule has 0 bridgehead atoms. The van der Waals surface area contributed by atoms with Gasteiger partial charge in [0.15, 0.2) is 0 Å². The largest absolute Gasteiger partial charge is 0.327 e. The fourth-order valence-electron chi connectivity index (χ4n) is 0.973. The maximum atomic E-state index is 5.80. The van der Waals surface area contributed by atoms with E-state index < -0.39 is 0 Å². The smallest absolute Gasteiger partial charge is 0.0723 e. The van der Waals surface area contributed by atoms with Crippen molar-refractivity contribution >= 4 is 11.8 Å². The van der Waals surface area contributed by atoms with Gasteiger partial charge in [-0.3, -0.25) is 4.68 Å². The second-order valence-electron chi connectivity index (χ2n) is 3.16. The van der Waals surface area contributed by atoms with Crippen molar-refractivity contribution in [1.82, 2.24) is 9.78 Å². The first-order chi connectivity index (χ1) is 6.22. The lowest BCUT2D eigenvalue weighted by molar-refractivity contribution is 0.724. The third kappa shape index (κ3) is 3.83. The summed E-state index contributed by atoms with van der Waals surface area (Å²) in [6, 6.07) is 2.37. The van der Waals surface area contributed by atoms with E-state index in [4.69, 9.17) is 5.73 Å². The summed E-state index contributed by atoms with van der Waals surface area (Å²) >= 11 is 1.85. The summed E-state index contributed by atoms with van der Waals surface area (Å²) in [5, 5.41) is 4.29. The minimum atomic E-state index is 0.328. The zero-order chi connectivity index (χ0) is 9.68. The molecule has 0 radical (unpaired) electrons. The van der Waals surface area contributed by atoms with E-state index in [2.05, 4.69) is 12.0 Å². The van der Waals surface area contributed by atoms with E-state index in [0.717, 1.165) is 23.6 Å². The maximum absolute atomic E-state index is 5.80. The van der Waals surface area contributed by atoms with Crippen molar-refractivity contribution < 1.29 is 0 Å². The Morgan fingerprint density at radius 2 is 2.46 bits per heavy atom. The van der Waals surface area contributed by atoms with Crippen LogP contribution in [0.1, 0.15) is 19.0 Å². The van der Waals surface area contributed by atoms with Gasteiger partial charge in [0.1, 0.15) is 0 Å². The van der Waals surface area contributed by atoms with Crippen LogP contribution < -0.4 is 5.73 Å². The molecule has 1 aromatic heterocycles. The first kappa shape index (κ1) is 10.6. The predicted molar refractivity (Wildman–Crippen MR) is 57.6 cm³/mol. The van der Waals surface area contributed by atoms with Crippen LogP contribution in [0.2, 0.25) is 0 Å². The van der Waals surface area contributed by atoms with Crippen molar-refractivity contribution in [3.8, 4) is 0 Å². The van der Waals surface area contributed by atoms with E-state index in [1.165, 1.54) is 0 Å². The molecule has 1 heterocycles. The Hall–Kier alpha value is -0.480. The first-order valence-electron chi connectivity index (χ1n) is 4.54. The van der Waals surface area contributed by atoms with E-state index in [-0.39, 0.29) is 0 Å². The number of nitrogens with two attached hydrogens (primary N) is 1. The van der Waals surface area contributed by atoms with Crippen LogP contribution in [0.5, 0.6) is 0 Å². The molecule has 0 saturated carbocycles. The molecule has 1 rings (SSSR count). The lowest BCUT2D eigenvalue weighted by Crippen LogP contribution is -2.21. The van der Waals surface area contributed by atoms with Gasteiger partial charge in [0.25, 0.3) is 0 Å². The van der Waals surface area contributed by atoms with Crippen LogP contribution in [0.4, 0.5) is 0 Å². The van der Waals surface area contributed by atoms with Gasteiger partial charge in [-0.1, -0.05) is 6.92 Å². The highest BCUT2D eigenvalue weighted by Crippen LogP contribution is 2.11. The molecule has 0 spiro atoms. The van der Waals surface area contributed by atoms with Crippen LogP contribution in [0.15, 0.2) is 12.3 Å². The van der Waals surface area contributed by atoms with Crippen LogP contribution in [-0.4, -0.2) is 21.6 Å². The molecule has 13 heavy (non-hydrogen) atoms. The lowest BCUT2D eigenvalue weighted by atomic mass is 10.3. The first-order valence-corrected chi connectivity index (χ1v) is 5.69. The van der Waals surface area contributed by atoms with Gasteiger partial charge in [0.2, 0.25) is 0 Å². The van der Waals surface area contributed by atoms with Gasteiger partial charge in [-0.15, -0.1) is 0 Å². The van der Waals surface area contributed by atoms with Crippen molar-refractivity contribution in [3.63, 3.8) is 0 Å². The Labute approximate surface area is 83.7 Å². The molecule has 0 fully saturated rings. The van der Waals surface area contributed by atoms with Crippen molar-refractivity contribution in [3.05, 3.63) is 18.0 Å². The van der Waals surface area contributed by atoms with Gasteiger partial charge >= 0.3 is 0 Å². The summed E-state index contributed by atoms with van der Waals surface area (Å²) in [7, 11) is 1.94. The predicted octanol–water partition coefficient (Wildman–Crippen LogP) is 1.39. The molecule has 74 valence electrons. The Balaban J connectivity index is 2.20. The zero-order valence-electron chi connectivity index (χ0n) is 8.23. The molecule has 1 aromatic rings. The quantitative estimate of drug-likeness (QED) is 0.779. The number of hydrogen-bond acceptors (Lipinski definition) is 3. The minimum absolute atomic E-state index is 0.328. The molecule has 0 aliphatic rings. The number of rotatable bonds is 5. The van der Waals surface area contributed by atoms with Gasteiger partial charge in [-0.25, -0.2) is 0 Å². The minimum Gasteiger partial charge on any atom is -0.327 e. The Kier molecular flexibility index (Phi) is 4.32. The molecule has 0 amide bonds. The van der Waals surface area contributed by atoms with Crippen molar-refractivity contribution in [1.29, 1.82) is 0 Å². The van der Waals surface area contributed by atoms with Crippen LogP contribution in [0, 0.1) is 0 Å². The second kappa shape index (κ2) is 5.29. The Bertz CT molecular complexity index is 247. The van der Waals surface area contributed by atoms with Gasteiger partial charge < -0.3 is 5.73 Å². The molecule has 0 aliphatic carbocycles. The second-order valence-corrected chi connectivity index (χ2v) is 4.19. The lowest BCUT2D eigenvalue weighted by Gasteiger charge is -2.06. The van der Waals surface area contributed by atoms with Crippen LogP contribution in [-0.2, 0) is 12.8 Å². The molecule has 0 aromatic carbocycles. The Morgan fingerprint density at radius 1 is 1.69 bits per heavy atom. The van der Waals surface area contributed by atoms with Crippen LogP contribution >= 0.6 is 11.8 Å². The van der Waals surface area contributed by atoms with E-state index in [0.29, 0.717) is 6.04 Å². The molecule has 1 atom stereocenters. The monoisotopic (exact) mass is 199 g/mol. The normalized spacial score (nSPS) is 13.2. The SMILES string of the molecule is CCC(N)CSCc1ccn(C)n1. The zero-order valence-corrected chi connectivity index (χ0v) is 9.05. The Morgan fingerprint density at radius 3 is 3.00 bits per heavy atom. The van der Waals surface area contributed by atoms with Gasteiger partial charge in [0, 0.05) is 30.8 Å². The van der Waals surface area contributed by atoms with Gasteiger partial charge in [0.05, 0.1) is 5.69 Å². The highest BCUT2D eigenvalue weighted by Gasteiger charge is 2.01. The molecular weight excluding hydrogens is 182 g/mol. The summed E-state index contributed by atoms with van der Waals surface area (Å²) in [4.78, 5) is 0.